The number of rotatable bonds is 8. The molecular weight excluding hydrogens is 526 g/mol. The maximum atomic E-state index is 11.3. The van der Waals surface area contributed by atoms with Crippen LogP contribution in [-0.4, -0.2) is 50.2 Å². The summed E-state index contributed by atoms with van der Waals surface area (Å²) in [6.45, 7) is 4.15. The van der Waals surface area contributed by atoms with Crippen LogP contribution < -0.4 is 4.90 Å². The first-order valence-corrected chi connectivity index (χ1v) is 14.0. The van der Waals surface area contributed by atoms with Gasteiger partial charge in [-0.05, 0) is 44.2 Å². The van der Waals surface area contributed by atoms with E-state index in [1.165, 1.54) is 4.68 Å². The van der Waals surface area contributed by atoms with Crippen LogP contribution in [0.5, 0.6) is 0 Å². The van der Waals surface area contributed by atoms with Gasteiger partial charge in [-0.3, -0.25) is 4.68 Å². The Morgan fingerprint density at radius 3 is 2.71 bits per heavy atom. The number of piperidine rings is 1. The number of carbonyl (C=O) groups is 1. The Kier molecular flexibility index (Phi) is 6.71. The molecule has 4 aromatic rings. The molecule has 11 heteroatoms. The summed E-state index contributed by atoms with van der Waals surface area (Å²) in [5.41, 5.74) is 5.19. The number of ether oxygens (including phenoxy) is 1. The van der Waals surface area contributed by atoms with E-state index >= 15 is 0 Å². The molecule has 2 fully saturated rings. The number of halogens is 1. The van der Waals surface area contributed by atoms with Crippen LogP contribution in [0.3, 0.4) is 0 Å². The Hall–Kier alpha value is -3.21. The van der Waals surface area contributed by atoms with Gasteiger partial charge in [0, 0.05) is 48.6 Å². The van der Waals surface area contributed by atoms with Gasteiger partial charge in [-0.1, -0.05) is 28.9 Å². The van der Waals surface area contributed by atoms with Crippen LogP contribution >= 0.6 is 22.9 Å². The third-order valence-corrected chi connectivity index (χ3v) is 8.47. The van der Waals surface area contributed by atoms with Gasteiger partial charge in [0.2, 0.25) is 0 Å². The lowest BCUT2D eigenvalue weighted by atomic mass is 10.0. The summed E-state index contributed by atoms with van der Waals surface area (Å²) >= 11 is 8.11. The summed E-state index contributed by atoms with van der Waals surface area (Å²) in [6, 6.07) is 7.43. The molecule has 1 aliphatic heterocycles. The van der Waals surface area contributed by atoms with Crippen molar-refractivity contribution in [3.63, 3.8) is 0 Å². The molecule has 0 atom stereocenters. The molecular formula is C27H28ClN5O4S. The van der Waals surface area contributed by atoms with E-state index in [9.17, 15) is 9.90 Å². The highest BCUT2D eigenvalue weighted by Crippen LogP contribution is 2.45. The second kappa shape index (κ2) is 10.2. The average molecular weight is 554 g/mol. The fourth-order valence-corrected chi connectivity index (χ4v) is 6.18. The molecule has 1 saturated heterocycles. The average Bonchev–Trinajstić information content (AvgIpc) is 3.29. The van der Waals surface area contributed by atoms with Crippen molar-refractivity contribution in [2.24, 2.45) is 7.05 Å². The third kappa shape index (κ3) is 4.83. The lowest BCUT2D eigenvalue weighted by molar-refractivity contribution is 0.0246. The second-order valence-electron chi connectivity index (χ2n) is 9.94. The van der Waals surface area contributed by atoms with E-state index in [0.29, 0.717) is 28.9 Å². The van der Waals surface area contributed by atoms with Gasteiger partial charge in [0.15, 0.2) is 5.13 Å². The molecule has 0 radical (unpaired) electrons. The van der Waals surface area contributed by atoms with Crippen LogP contribution in [0.1, 0.15) is 59.0 Å². The highest BCUT2D eigenvalue weighted by molar-refractivity contribution is 7.14. The Morgan fingerprint density at radius 2 is 2.03 bits per heavy atom. The molecule has 3 aromatic heterocycles. The van der Waals surface area contributed by atoms with E-state index in [4.69, 9.17) is 25.8 Å². The van der Waals surface area contributed by atoms with E-state index in [-0.39, 0.29) is 11.8 Å². The van der Waals surface area contributed by atoms with Crippen molar-refractivity contribution < 1.29 is 19.2 Å². The number of thiazole rings is 1. The number of hydrogen-bond donors (Lipinski definition) is 1. The molecule has 0 amide bonds. The maximum Gasteiger partial charge on any atom is 0.354 e. The SMILES string of the molecule is Cc1cccc(Cl)c1-c1noc(C2CC2)c1COC1CCN(c2nc(-c3cc(C(=O)O)n(C)n3)cs2)CC1. The van der Waals surface area contributed by atoms with Gasteiger partial charge >= 0.3 is 5.97 Å². The van der Waals surface area contributed by atoms with E-state index < -0.39 is 5.97 Å². The number of aromatic nitrogens is 4. The molecule has 1 saturated carbocycles. The number of aromatic carboxylic acids is 1. The number of carboxylic acid groups (broad SMARTS) is 1. The summed E-state index contributed by atoms with van der Waals surface area (Å²) in [6.07, 6.45) is 4.13. The summed E-state index contributed by atoms with van der Waals surface area (Å²) in [5, 5.41) is 21.5. The maximum absolute atomic E-state index is 11.3. The van der Waals surface area contributed by atoms with Gasteiger partial charge in [0.05, 0.1) is 17.7 Å². The first kappa shape index (κ1) is 25.1. The number of carboxylic acids is 1. The zero-order valence-electron chi connectivity index (χ0n) is 21.2. The summed E-state index contributed by atoms with van der Waals surface area (Å²) in [4.78, 5) is 18.3. The van der Waals surface area contributed by atoms with Gasteiger partial charge < -0.3 is 19.3 Å². The van der Waals surface area contributed by atoms with Crippen LogP contribution in [-0.2, 0) is 18.4 Å². The second-order valence-corrected chi connectivity index (χ2v) is 11.2. The predicted molar refractivity (Wildman–Crippen MR) is 145 cm³/mol. The van der Waals surface area contributed by atoms with Gasteiger partial charge in [0.1, 0.15) is 28.5 Å². The monoisotopic (exact) mass is 553 g/mol. The Bertz CT molecular complexity index is 1460. The largest absolute Gasteiger partial charge is 0.477 e. The van der Waals surface area contributed by atoms with Crippen LogP contribution in [0.15, 0.2) is 34.2 Å². The smallest absolute Gasteiger partial charge is 0.354 e. The molecule has 0 unspecified atom stereocenters. The highest BCUT2D eigenvalue weighted by atomic mass is 35.5. The molecule has 198 valence electrons. The number of aryl methyl sites for hydroxylation is 2. The fourth-order valence-electron chi connectivity index (χ4n) is 4.99. The van der Waals surface area contributed by atoms with Crippen molar-refractivity contribution in [1.82, 2.24) is 19.9 Å². The molecule has 0 bridgehead atoms. The van der Waals surface area contributed by atoms with E-state index in [2.05, 4.69) is 15.2 Å². The van der Waals surface area contributed by atoms with Crippen LogP contribution in [0, 0.1) is 6.92 Å². The topological polar surface area (TPSA) is 107 Å². The predicted octanol–water partition coefficient (Wildman–Crippen LogP) is 5.92. The number of hydrogen-bond acceptors (Lipinski definition) is 8. The summed E-state index contributed by atoms with van der Waals surface area (Å²) in [7, 11) is 1.62. The molecule has 1 aromatic carbocycles. The first-order chi connectivity index (χ1) is 18.4. The van der Waals surface area contributed by atoms with Crippen LogP contribution in [0.2, 0.25) is 5.02 Å². The minimum absolute atomic E-state index is 0.127. The van der Waals surface area contributed by atoms with Crippen LogP contribution in [0.25, 0.3) is 22.6 Å². The summed E-state index contributed by atoms with van der Waals surface area (Å²) in [5.74, 6) is 0.352. The van der Waals surface area contributed by atoms with Crippen molar-refractivity contribution in [3.05, 3.63) is 57.2 Å². The molecule has 4 heterocycles. The fraction of sp³-hybridized carbons (Fsp3) is 0.407. The quantitative estimate of drug-likeness (QED) is 0.286. The lowest BCUT2D eigenvalue weighted by Gasteiger charge is -2.31. The van der Waals surface area contributed by atoms with Gasteiger partial charge in [-0.15, -0.1) is 11.3 Å². The van der Waals surface area contributed by atoms with E-state index in [1.54, 1.807) is 24.5 Å². The molecule has 6 rings (SSSR count). The molecule has 1 aliphatic carbocycles. The van der Waals surface area contributed by atoms with Gasteiger partial charge in [0.25, 0.3) is 0 Å². The van der Waals surface area contributed by atoms with Gasteiger partial charge in [-0.25, -0.2) is 9.78 Å². The van der Waals surface area contributed by atoms with Crippen molar-refractivity contribution in [3.8, 4) is 22.6 Å². The minimum atomic E-state index is -1.01. The minimum Gasteiger partial charge on any atom is -0.477 e. The van der Waals surface area contributed by atoms with Crippen LogP contribution in [0.4, 0.5) is 5.13 Å². The highest BCUT2D eigenvalue weighted by Gasteiger charge is 2.34. The number of nitrogens with zero attached hydrogens (tertiary/aromatic N) is 5. The van der Waals surface area contributed by atoms with Crippen molar-refractivity contribution in [2.45, 2.75) is 51.2 Å². The molecule has 9 nitrogen and oxygen atoms in total. The van der Waals surface area contributed by atoms with Crippen molar-refractivity contribution in [1.29, 1.82) is 0 Å². The number of anilines is 1. The standard InChI is InChI=1S/C27H28ClN5O4S/c1-15-4-3-5-19(28)23(15)24-18(25(37-31-24)16-6-7-16)13-36-17-8-10-33(11-9-17)27-29-21(14-38-27)20-12-22(26(34)35)32(2)30-20/h3-5,12,14,16-17H,6-11,13H2,1-2H3,(H,34,35). The molecule has 1 N–H and O–H groups in total. The van der Waals surface area contributed by atoms with Crippen molar-refractivity contribution in [2.75, 3.05) is 18.0 Å². The zero-order valence-corrected chi connectivity index (χ0v) is 22.8. The summed E-state index contributed by atoms with van der Waals surface area (Å²) < 4.78 is 13.6. The zero-order chi connectivity index (χ0) is 26.4. The lowest BCUT2D eigenvalue weighted by Crippen LogP contribution is -2.37. The van der Waals surface area contributed by atoms with E-state index in [1.807, 2.05) is 30.5 Å². The molecule has 2 aliphatic rings. The normalized spacial score (nSPS) is 16.3. The first-order valence-electron chi connectivity index (χ1n) is 12.7. The van der Waals surface area contributed by atoms with Crippen molar-refractivity contribution >= 4 is 34.0 Å². The third-order valence-electron chi connectivity index (χ3n) is 7.25. The molecule has 38 heavy (non-hydrogen) atoms. The number of benzene rings is 1. The Labute approximate surface area is 229 Å². The Balaban J connectivity index is 1.11. The van der Waals surface area contributed by atoms with Gasteiger partial charge in [-0.2, -0.15) is 5.10 Å². The van der Waals surface area contributed by atoms with E-state index in [0.717, 1.165) is 72.0 Å². The Morgan fingerprint density at radius 1 is 1.24 bits per heavy atom. The molecule has 0 spiro atoms.